The molecule has 1 heterocycles. The summed E-state index contributed by atoms with van der Waals surface area (Å²) in [6.07, 6.45) is 0. The second kappa shape index (κ2) is 6.76. The lowest BCUT2D eigenvalue weighted by Gasteiger charge is -2.13. The van der Waals surface area contributed by atoms with Gasteiger partial charge >= 0.3 is 0 Å². The lowest BCUT2D eigenvalue weighted by Crippen LogP contribution is -2.42. The predicted molar refractivity (Wildman–Crippen MR) is 126 cm³/mol. The van der Waals surface area contributed by atoms with Gasteiger partial charge < -0.3 is 4.57 Å². The molecule has 0 N–H and O–H groups in total. The molecule has 4 aromatic carbocycles. The fourth-order valence-electron chi connectivity index (χ4n) is 4.26. The van der Waals surface area contributed by atoms with Crippen molar-refractivity contribution in [3.63, 3.8) is 0 Å². The van der Waals surface area contributed by atoms with Crippen LogP contribution < -0.4 is 10.9 Å². The van der Waals surface area contributed by atoms with Crippen molar-refractivity contribution in [3.05, 3.63) is 103 Å². The highest BCUT2D eigenvalue weighted by Crippen LogP contribution is 2.32. The van der Waals surface area contributed by atoms with E-state index < -0.39 is 0 Å². The van der Waals surface area contributed by atoms with Gasteiger partial charge in [0.25, 0.3) is 0 Å². The molecule has 0 aliphatic carbocycles. The third kappa shape index (κ3) is 2.66. The smallest absolute Gasteiger partial charge is 0.170 e. The van der Waals surface area contributed by atoms with Crippen LogP contribution in [-0.4, -0.2) is 18.9 Å². The van der Waals surface area contributed by atoms with Crippen molar-refractivity contribution >= 4 is 47.1 Å². The summed E-state index contributed by atoms with van der Waals surface area (Å²) in [4.78, 5) is 0. The van der Waals surface area contributed by atoms with E-state index in [9.17, 15) is 0 Å². The first-order chi connectivity index (χ1) is 13.7. The normalized spacial score (nSPS) is 11.2. The maximum Gasteiger partial charge on any atom is 0.170 e. The first kappa shape index (κ1) is 16.9. The van der Waals surface area contributed by atoms with Gasteiger partial charge in [-0.25, -0.2) is 0 Å². The molecule has 0 unspecified atom stereocenters. The average molecular weight is 357 g/mol. The highest BCUT2D eigenvalue weighted by atomic mass is 15.0. The van der Waals surface area contributed by atoms with Crippen molar-refractivity contribution in [2.45, 2.75) is 6.92 Å². The van der Waals surface area contributed by atoms with Gasteiger partial charge in [-0.3, -0.25) is 0 Å². The van der Waals surface area contributed by atoms with Crippen LogP contribution in [0.1, 0.15) is 5.56 Å². The minimum absolute atomic E-state index is 0.355. The van der Waals surface area contributed by atoms with E-state index in [0.717, 1.165) is 0 Å². The van der Waals surface area contributed by atoms with Crippen LogP contribution in [0, 0.1) is 6.92 Å². The van der Waals surface area contributed by atoms with Crippen molar-refractivity contribution in [3.8, 4) is 5.69 Å². The minimum atomic E-state index is 0.355. The van der Waals surface area contributed by atoms with Gasteiger partial charge in [0.05, 0.1) is 18.8 Å². The minimum Gasteiger partial charge on any atom is -0.309 e. The fraction of sp³-hybridized carbons (Fsp3) is 0.0400. The molecule has 1 aromatic heterocycles. The van der Waals surface area contributed by atoms with Crippen molar-refractivity contribution in [2.24, 2.45) is 0 Å². The monoisotopic (exact) mass is 357 g/mol. The third-order valence-electron chi connectivity index (χ3n) is 5.85. The molecule has 28 heavy (non-hydrogen) atoms. The molecule has 0 radical (unpaired) electrons. The maximum atomic E-state index is 2.42. The number of aromatic nitrogens is 1. The zero-order valence-electron chi connectivity index (χ0n) is 16.3. The van der Waals surface area contributed by atoms with Gasteiger partial charge in [-0.05, 0) is 30.7 Å². The van der Waals surface area contributed by atoms with Crippen LogP contribution in [0.15, 0.2) is 97.1 Å². The first-order valence-corrected chi connectivity index (χ1v) is 9.88. The molecule has 0 fully saturated rings. The third-order valence-corrected chi connectivity index (χ3v) is 5.85. The molecular weight excluding hydrogens is 336 g/mol. The Morgan fingerprint density at radius 1 is 0.643 bits per heavy atom. The van der Waals surface area contributed by atoms with Crippen LogP contribution in [-0.2, 0) is 0 Å². The van der Waals surface area contributed by atoms with Gasteiger partial charge in [0.15, 0.2) is 6.60 Å². The van der Waals surface area contributed by atoms with Crippen LogP contribution in [0.5, 0.6) is 0 Å². The van der Waals surface area contributed by atoms with E-state index in [2.05, 4.69) is 116 Å². The first-order valence-electron chi connectivity index (χ1n) is 9.88. The Morgan fingerprint density at radius 3 is 2.14 bits per heavy atom. The van der Waals surface area contributed by atoms with Crippen LogP contribution in [0.4, 0.5) is 0 Å². The summed E-state index contributed by atoms with van der Waals surface area (Å²) in [6, 6.07) is 35.0. The Kier molecular flexibility index (Phi) is 4.09. The van der Waals surface area contributed by atoms with Gasteiger partial charge in [0, 0.05) is 16.5 Å². The number of benzene rings is 4. The summed E-state index contributed by atoms with van der Waals surface area (Å²) in [5.74, 6) is 0. The zero-order chi connectivity index (χ0) is 19.1. The van der Waals surface area contributed by atoms with Gasteiger partial charge in [-0.1, -0.05) is 89.8 Å². The van der Waals surface area contributed by atoms with Gasteiger partial charge in [-0.15, -0.1) is 0 Å². The molecule has 0 saturated heterocycles. The largest absolute Gasteiger partial charge is 0.309 e. The molecule has 0 amide bonds. The topological polar surface area (TPSA) is 4.93 Å². The maximum absolute atomic E-state index is 2.42. The Bertz CT molecular complexity index is 1290. The van der Waals surface area contributed by atoms with Crippen LogP contribution in [0.3, 0.4) is 0 Å². The number of rotatable bonds is 3. The van der Waals surface area contributed by atoms with Crippen molar-refractivity contribution in [1.29, 1.82) is 0 Å². The van der Waals surface area contributed by atoms with E-state index in [-0.39, 0.29) is 0 Å². The lowest BCUT2D eigenvalue weighted by atomic mass is 9.26. The van der Waals surface area contributed by atoms with E-state index in [1.165, 1.54) is 44.0 Å². The SMILES string of the molecule is BB(c1ccccc1)c1ccc2c3ccccc3n(-c3ccccc3C)c2c1. The molecule has 0 atom stereocenters. The Morgan fingerprint density at radius 2 is 1.32 bits per heavy atom. The highest BCUT2D eigenvalue weighted by Gasteiger charge is 2.17. The van der Waals surface area contributed by atoms with E-state index in [1.807, 2.05) is 0 Å². The van der Waals surface area contributed by atoms with Crippen molar-refractivity contribution in [1.82, 2.24) is 4.57 Å². The molecule has 5 rings (SSSR count). The molecule has 3 heteroatoms. The molecule has 0 bridgehead atoms. The Balaban J connectivity index is 1.80. The van der Waals surface area contributed by atoms with Gasteiger partial charge in [-0.2, -0.15) is 0 Å². The fourth-order valence-corrected chi connectivity index (χ4v) is 4.26. The number of aryl methyl sites for hydroxylation is 1. The second-order valence-electron chi connectivity index (χ2n) is 7.55. The van der Waals surface area contributed by atoms with E-state index in [1.54, 1.807) is 0 Å². The zero-order valence-corrected chi connectivity index (χ0v) is 16.3. The molecule has 5 aromatic rings. The van der Waals surface area contributed by atoms with Crippen molar-refractivity contribution in [2.75, 3.05) is 0 Å². The van der Waals surface area contributed by atoms with Gasteiger partial charge in [0.1, 0.15) is 0 Å². The summed E-state index contributed by atoms with van der Waals surface area (Å²) in [5.41, 5.74) is 7.76. The summed E-state index contributed by atoms with van der Waals surface area (Å²) < 4.78 is 2.42. The van der Waals surface area contributed by atoms with Crippen LogP contribution in [0.25, 0.3) is 27.5 Å². The quantitative estimate of drug-likeness (QED) is 0.433. The van der Waals surface area contributed by atoms with E-state index in [0.29, 0.717) is 6.60 Å². The molecule has 0 aliphatic heterocycles. The summed E-state index contributed by atoms with van der Waals surface area (Å²) in [5, 5.41) is 2.61. The molecule has 0 saturated carbocycles. The summed E-state index contributed by atoms with van der Waals surface area (Å²) in [7, 11) is 2.29. The van der Waals surface area contributed by atoms with Crippen molar-refractivity contribution < 1.29 is 0 Å². The molecule has 0 spiro atoms. The molecule has 1 nitrogen and oxygen atoms in total. The van der Waals surface area contributed by atoms with Crippen LogP contribution >= 0.6 is 0 Å². The number of hydrogen-bond acceptors (Lipinski definition) is 0. The second-order valence-corrected chi connectivity index (χ2v) is 7.55. The highest BCUT2D eigenvalue weighted by molar-refractivity contribution is 7.18. The number of nitrogens with zero attached hydrogens (tertiary/aromatic N) is 1. The summed E-state index contributed by atoms with van der Waals surface area (Å²) in [6.45, 7) is 2.54. The molecule has 132 valence electrons. The Labute approximate surface area is 167 Å². The Hall–Kier alpha value is -3.19. The number of para-hydroxylation sites is 2. The standard InChI is InChI=1S/C25H21B2N/c1-18-9-5-7-13-23(18)28-24-14-8-6-12-21(24)22-16-15-20(17-25(22)28)27(26)19-10-3-2-4-11-19/h2-17H,26H2,1H3. The van der Waals surface area contributed by atoms with Crippen LogP contribution in [0.2, 0.25) is 0 Å². The van der Waals surface area contributed by atoms with E-state index in [4.69, 9.17) is 0 Å². The summed E-state index contributed by atoms with van der Waals surface area (Å²) >= 11 is 0. The van der Waals surface area contributed by atoms with Gasteiger partial charge in [0.2, 0.25) is 0 Å². The lowest BCUT2D eigenvalue weighted by molar-refractivity contribution is 1.15. The van der Waals surface area contributed by atoms with E-state index >= 15 is 0 Å². The number of fused-ring (bicyclic) bond motifs is 3. The average Bonchev–Trinajstić information content (AvgIpc) is 3.08. The predicted octanol–water partition coefficient (Wildman–Crippen LogP) is 3.83. The molecular formula is C25H21B2N. The number of hydrogen-bond donors (Lipinski definition) is 0. The molecule has 0 aliphatic rings.